The largest absolute Gasteiger partial charge is 0.378 e. The zero-order valence-electron chi connectivity index (χ0n) is 19.9. The molecule has 34 heavy (non-hydrogen) atoms. The molecule has 0 saturated carbocycles. The van der Waals surface area contributed by atoms with Crippen LogP contribution in [0, 0.1) is 6.92 Å². The number of sulfonamides is 1. The number of aryl methyl sites for hydroxylation is 1. The Morgan fingerprint density at radius 1 is 0.912 bits per heavy atom. The molecule has 9 heteroatoms. The van der Waals surface area contributed by atoms with E-state index in [4.69, 9.17) is 4.74 Å². The number of ether oxygens (including phenoxy) is 1. The molecule has 2 aromatic carbocycles. The summed E-state index contributed by atoms with van der Waals surface area (Å²) >= 11 is 0. The first-order chi connectivity index (χ1) is 16.3. The number of nitrogens with one attached hydrogen (secondary N) is 1. The minimum Gasteiger partial charge on any atom is -0.378 e. The second-order valence-electron chi connectivity index (χ2n) is 8.92. The average molecular weight is 487 g/mol. The van der Waals surface area contributed by atoms with Crippen LogP contribution < -0.4 is 10.2 Å². The van der Waals surface area contributed by atoms with Gasteiger partial charge in [0.2, 0.25) is 15.9 Å². The first-order valence-electron chi connectivity index (χ1n) is 11.9. The van der Waals surface area contributed by atoms with Crippen molar-refractivity contribution in [1.29, 1.82) is 0 Å². The third kappa shape index (κ3) is 5.78. The summed E-state index contributed by atoms with van der Waals surface area (Å²) in [7, 11) is -3.54. The molecular formula is C25H34N4O4S. The Labute approximate surface area is 202 Å². The molecule has 184 valence electrons. The monoisotopic (exact) mass is 486 g/mol. The minimum atomic E-state index is -3.54. The van der Waals surface area contributed by atoms with Gasteiger partial charge in [-0.1, -0.05) is 17.7 Å². The highest BCUT2D eigenvalue weighted by Crippen LogP contribution is 2.21. The molecule has 0 radical (unpaired) electrons. The van der Waals surface area contributed by atoms with Crippen molar-refractivity contribution in [3.8, 4) is 0 Å². The van der Waals surface area contributed by atoms with Crippen molar-refractivity contribution in [2.75, 3.05) is 62.7 Å². The van der Waals surface area contributed by atoms with Gasteiger partial charge in [-0.2, -0.15) is 4.31 Å². The lowest BCUT2D eigenvalue weighted by molar-refractivity contribution is -0.120. The molecule has 2 aliphatic rings. The van der Waals surface area contributed by atoms with E-state index in [2.05, 4.69) is 15.1 Å². The standard InChI is InChI=1S/C25H34N4O4S/c1-20-4-10-24(11-5-20)34(31,32)29-13-3-12-27(14-15-29)21(2)25(30)26-22-6-8-23(9-7-22)28-16-18-33-19-17-28/h4-11,21H,3,12-19H2,1-2H3,(H,26,30). The predicted molar refractivity (Wildman–Crippen MR) is 134 cm³/mol. The van der Waals surface area contributed by atoms with Crippen molar-refractivity contribution in [3.63, 3.8) is 0 Å². The van der Waals surface area contributed by atoms with Gasteiger partial charge in [-0.05, 0) is 56.7 Å². The first-order valence-corrected chi connectivity index (χ1v) is 13.3. The van der Waals surface area contributed by atoms with Crippen LogP contribution in [-0.2, 0) is 19.6 Å². The molecule has 2 aromatic rings. The molecule has 1 atom stereocenters. The maximum absolute atomic E-state index is 13.1. The molecule has 2 heterocycles. The number of benzene rings is 2. The maximum atomic E-state index is 13.1. The van der Waals surface area contributed by atoms with Gasteiger partial charge in [0.1, 0.15) is 0 Å². The lowest BCUT2D eigenvalue weighted by Crippen LogP contribution is -2.44. The van der Waals surface area contributed by atoms with E-state index in [9.17, 15) is 13.2 Å². The van der Waals surface area contributed by atoms with Crippen LogP contribution in [0.5, 0.6) is 0 Å². The average Bonchev–Trinajstić information content (AvgIpc) is 3.12. The highest BCUT2D eigenvalue weighted by Gasteiger charge is 2.30. The molecule has 0 spiro atoms. The van der Waals surface area contributed by atoms with Crippen molar-refractivity contribution in [3.05, 3.63) is 54.1 Å². The van der Waals surface area contributed by atoms with E-state index in [-0.39, 0.29) is 11.9 Å². The number of carbonyl (C=O) groups is 1. The van der Waals surface area contributed by atoms with Crippen molar-refractivity contribution >= 4 is 27.3 Å². The van der Waals surface area contributed by atoms with Crippen LogP contribution in [0.1, 0.15) is 18.9 Å². The molecule has 8 nitrogen and oxygen atoms in total. The van der Waals surface area contributed by atoms with Gasteiger partial charge in [0, 0.05) is 50.6 Å². The SMILES string of the molecule is Cc1ccc(S(=O)(=O)N2CCCN(C(C)C(=O)Nc3ccc(N4CCOCC4)cc3)CC2)cc1. The van der Waals surface area contributed by atoms with Crippen LogP contribution in [0.15, 0.2) is 53.4 Å². The summed E-state index contributed by atoms with van der Waals surface area (Å²) < 4.78 is 33.1. The van der Waals surface area contributed by atoms with E-state index in [0.29, 0.717) is 37.5 Å². The smallest absolute Gasteiger partial charge is 0.243 e. The molecular weight excluding hydrogens is 452 g/mol. The van der Waals surface area contributed by atoms with E-state index >= 15 is 0 Å². The van der Waals surface area contributed by atoms with Gasteiger partial charge in [-0.25, -0.2) is 8.42 Å². The first kappa shape index (κ1) is 24.7. The second kappa shape index (κ2) is 10.9. The van der Waals surface area contributed by atoms with E-state index in [1.165, 1.54) is 4.31 Å². The molecule has 0 bridgehead atoms. The van der Waals surface area contributed by atoms with Crippen LogP contribution in [-0.4, -0.2) is 82.1 Å². The number of amides is 1. The van der Waals surface area contributed by atoms with Gasteiger partial charge >= 0.3 is 0 Å². The summed E-state index contributed by atoms with van der Waals surface area (Å²) in [4.78, 5) is 17.6. The van der Waals surface area contributed by atoms with Crippen molar-refractivity contribution < 1.29 is 17.9 Å². The molecule has 0 aromatic heterocycles. The van der Waals surface area contributed by atoms with Crippen molar-refractivity contribution in [2.45, 2.75) is 31.2 Å². The maximum Gasteiger partial charge on any atom is 0.243 e. The Bertz CT molecular complexity index is 1070. The molecule has 1 amide bonds. The fourth-order valence-corrected chi connectivity index (χ4v) is 5.86. The molecule has 0 aliphatic carbocycles. The minimum absolute atomic E-state index is 0.0889. The Morgan fingerprint density at radius 2 is 1.59 bits per heavy atom. The van der Waals surface area contributed by atoms with E-state index < -0.39 is 10.0 Å². The predicted octanol–water partition coefficient (Wildman–Crippen LogP) is 2.56. The third-order valence-corrected chi connectivity index (χ3v) is 8.50. The number of hydrogen-bond acceptors (Lipinski definition) is 6. The van der Waals surface area contributed by atoms with Gasteiger partial charge in [0.05, 0.1) is 24.2 Å². The van der Waals surface area contributed by atoms with Crippen LogP contribution in [0.2, 0.25) is 0 Å². The Hall–Kier alpha value is -2.46. The molecule has 2 aliphatic heterocycles. The molecule has 2 fully saturated rings. The summed E-state index contributed by atoms with van der Waals surface area (Å²) in [6.45, 7) is 9.01. The van der Waals surface area contributed by atoms with E-state index in [1.54, 1.807) is 12.1 Å². The van der Waals surface area contributed by atoms with Crippen LogP contribution in [0.25, 0.3) is 0 Å². The molecule has 1 N–H and O–H groups in total. The number of rotatable bonds is 6. The van der Waals surface area contributed by atoms with Crippen LogP contribution in [0.4, 0.5) is 11.4 Å². The number of carbonyl (C=O) groups excluding carboxylic acids is 1. The highest BCUT2D eigenvalue weighted by atomic mass is 32.2. The zero-order valence-corrected chi connectivity index (χ0v) is 20.8. The van der Waals surface area contributed by atoms with Crippen LogP contribution >= 0.6 is 0 Å². The number of nitrogens with zero attached hydrogens (tertiary/aromatic N) is 3. The normalized spacial score (nSPS) is 19.4. The Balaban J connectivity index is 1.33. The van der Waals surface area contributed by atoms with Gasteiger partial charge in [0.25, 0.3) is 0 Å². The van der Waals surface area contributed by atoms with Gasteiger partial charge in [-0.3, -0.25) is 9.69 Å². The topological polar surface area (TPSA) is 82.2 Å². The zero-order chi connectivity index (χ0) is 24.1. The lowest BCUT2D eigenvalue weighted by Gasteiger charge is -2.29. The van der Waals surface area contributed by atoms with Gasteiger partial charge in [-0.15, -0.1) is 0 Å². The van der Waals surface area contributed by atoms with Crippen molar-refractivity contribution in [2.24, 2.45) is 0 Å². The number of hydrogen-bond donors (Lipinski definition) is 1. The summed E-state index contributed by atoms with van der Waals surface area (Å²) in [5.74, 6) is -0.0889. The highest BCUT2D eigenvalue weighted by molar-refractivity contribution is 7.89. The van der Waals surface area contributed by atoms with E-state index in [0.717, 1.165) is 43.2 Å². The molecule has 4 rings (SSSR count). The number of morpholine rings is 1. The summed E-state index contributed by atoms with van der Waals surface area (Å²) in [6, 6.07) is 14.5. The molecule has 2 saturated heterocycles. The fraction of sp³-hybridized carbons (Fsp3) is 0.480. The third-order valence-electron chi connectivity index (χ3n) is 6.59. The fourth-order valence-electron chi connectivity index (χ4n) is 4.39. The summed E-state index contributed by atoms with van der Waals surface area (Å²) in [5, 5.41) is 3.01. The van der Waals surface area contributed by atoms with Crippen LogP contribution in [0.3, 0.4) is 0 Å². The number of anilines is 2. The Kier molecular flexibility index (Phi) is 7.88. The van der Waals surface area contributed by atoms with E-state index in [1.807, 2.05) is 50.2 Å². The van der Waals surface area contributed by atoms with Crippen molar-refractivity contribution in [1.82, 2.24) is 9.21 Å². The van der Waals surface area contributed by atoms with Gasteiger partial charge < -0.3 is 15.0 Å². The Morgan fingerprint density at radius 3 is 2.26 bits per heavy atom. The van der Waals surface area contributed by atoms with Gasteiger partial charge in [0.15, 0.2) is 0 Å². The second-order valence-corrected chi connectivity index (χ2v) is 10.9. The molecule has 1 unspecified atom stereocenters. The quantitative estimate of drug-likeness (QED) is 0.676. The summed E-state index contributed by atoms with van der Waals surface area (Å²) in [6.07, 6.45) is 0.678. The summed E-state index contributed by atoms with van der Waals surface area (Å²) in [5.41, 5.74) is 2.90. The lowest BCUT2D eigenvalue weighted by atomic mass is 10.2.